The minimum Gasteiger partial charge on any atom is -0.399 e. The minimum absolute atomic E-state index is 0.139. The van der Waals surface area contributed by atoms with Gasteiger partial charge in [0, 0.05) is 29.1 Å². The highest BCUT2D eigenvalue weighted by molar-refractivity contribution is 6.26. The number of nitrogens with zero attached hydrogens (tertiary/aromatic N) is 2. The third-order valence-corrected chi connectivity index (χ3v) is 9.31. The number of ketones is 1. The first-order valence-electron chi connectivity index (χ1n) is 12.9. The summed E-state index contributed by atoms with van der Waals surface area (Å²) in [5, 5.41) is 0. The number of carbonyl (C=O) groups excluding carboxylic acids is 5. The molecular formula is C29H26N4O5. The van der Waals surface area contributed by atoms with E-state index in [1.54, 1.807) is 48.5 Å². The molecule has 2 aliphatic heterocycles. The molecular weight excluding hydrogens is 484 g/mol. The fraction of sp³-hybridized carbons (Fsp3) is 0.345. The quantitative estimate of drug-likeness (QED) is 0.358. The van der Waals surface area contributed by atoms with Crippen molar-refractivity contribution in [3.05, 3.63) is 60.2 Å². The molecule has 2 saturated heterocycles. The lowest BCUT2D eigenvalue weighted by Gasteiger charge is -2.41. The number of nitrogen functional groups attached to an aromatic ring is 2. The van der Waals surface area contributed by atoms with Crippen LogP contribution in [0.3, 0.4) is 0 Å². The number of hydrogen-bond donors (Lipinski definition) is 2. The molecule has 7 rings (SSSR count). The SMILES string of the molecule is CC1C=C2CC3C(=O)[C@H](C4C(=O)N(c5ccc(N)cc5)C(=O)C34)C2C2C(=O)N(c3ccc(N)cc3)C(=O)C12. The number of Topliss-reactive ketones (excluding diaryl/α,β-unsaturated/α-hetero) is 1. The summed E-state index contributed by atoms with van der Waals surface area (Å²) < 4.78 is 0. The standard InChI is InChI=1S/C29H26N4O5/c1-12-10-13-11-18-21-24(29(38)33(27(21)36)17-8-4-15(31)5-9-17)22(25(18)34)20(13)23-19(12)26(35)32(28(23)37)16-6-2-14(30)3-7-16/h2-10,12,18-24H,11,30-31H2,1H3/t12?,18?,19?,20?,21?,22-,23?,24?/m0/s1. The van der Waals surface area contributed by atoms with E-state index >= 15 is 0 Å². The van der Waals surface area contributed by atoms with Crippen LogP contribution in [0.1, 0.15) is 13.3 Å². The van der Waals surface area contributed by atoms with Crippen molar-refractivity contribution in [1.82, 2.24) is 0 Å². The van der Waals surface area contributed by atoms with Gasteiger partial charge in [0.05, 0.1) is 35.0 Å². The highest BCUT2D eigenvalue weighted by Gasteiger charge is 2.70. The number of anilines is 4. The number of allylic oxidation sites excluding steroid dienone is 2. The van der Waals surface area contributed by atoms with Gasteiger partial charge in [0.1, 0.15) is 5.78 Å². The van der Waals surface area contributed by atoms with Gasteiger partial charge >= 0.3 is 0 Å². The number of hydrogen-bond acceptors (Lipinski definition) is 7. The lowest BCUT2D eigenvalue weighted by Crippen LogP contribution is -2.47. The topological polar surface area (TPSA) is 144 Å². The van der Waals surface area contributed by atoms with Crippen LogP contribution in [-0.2, 0) is 24.0 Å². The Morgan fingerprint density at radius 1 is 0.605 bits per heavy atom. The predicted octanol–water partition coefficient (Wildman–Crippen LogP) is 2.17. The molecule has 0 aromatic heterocycles. The monoisotopic (exact) mass is 510 g/mol. The fourth-order valence-electron chi connectivity index (χ4n) is 7.84. The molecule has 9 nitrogen and oxygen atoms in total. The maximum Gasteiger partial charge on any atom is 0.238 e. The van der Waals surface area contributed by atoms with Gasteiger partial charge in [0.15, 0.2) is 0 Å². The second-order valence-corrected chi connectivity index (χ2v) is 11.2. The average Bonchev–Trinajstić information content (AvgIpc) is 3.36. The molecule has 192 valence electrons. The van der Waals surface area contributed by atoms with Crippen LogP contribution < -0.4 is 21.3 Å². The van der Waals surface area contributed by atoms with E-state index in [0.29, 0.717) is 29.2 Å². The largest absolute Gasteiger partial charge is 0.399 e. The number of fused-ring (bicyclic) bond motifs is 9. The smallest absolute Gasteiger partial charge is 0.238 e. The molecule has 2 bridgehead atoms. The maximum atomic E-state index is 13.9. The summed E-state index contributed by atoms with van der Waals surface area (Å²) in [6, 6.07) is 13.0. The van der Waals surface area contributed by atoms with Crippen LogP contribution in [0, 0.1) is 47.3 Å². The van der Waals surface area contributed by atoms with Crippen molar-refractivity contribution in [2.45, 2.75) is 13.3 Å². The Morgan fingerprint density at radius 3 is 1.58 bits per heavy atom. The molecule has 4 amide bonds. The molecule has 0 radical (unpaired) electrons. The Labute approximate surface area is 218 Å². The zero-order valence-corrected chi connectivity index (χ0v) is 20.6. The van der Waals surface area contributed by atoms with E-state index in [1.807, 2.05) is 13.0 Å². The van der Waals surface area contributed by atoms with Crippen molar-refractivity contribution in [3.63, 3.8) is 0 Å². The van der Waals surface area contributed by atoms with Gasteiger partial charge in [-0.2, -0.15) is 0 Å². The molecule has 2 saturated carbocycles. The van der Waals surface area contributed by atoms with E-state index in [9.17, 15) is 24.0 Å². The summed E-state index contributed by atoms with van der Waals surface area (Å²) in [5.74, 6) is -6.87. The minimum atomic E-state index is -0.851. The van der Waals surface area contributed by atoms with Gasteiger partial charge < -0.3 is 11.5 Å². The van der Waals surface area contributed by atoms with Gasteiger partial charge in [-0.05, 0) is 60.9 Å². The van der Waals surface area contributed by atoms with Crippen LogP contribution in [0.2, 0.25) is 0 Å². The molecule has 4 fully saturated rings. The predicted molar refractivity (Wildman–Crippen MR) is 138 cm³/mol. The van der Waals surface area contributed by atoms with Crippen LogP contribution in [-0.4, -0.2) is 29.4 Å². The molecule has 2 aromatic rings. The highest BCUT2D eigenvalue weighted by Crippen LogP contribution is 2.61. The lowest BCUT2D eigenvalue weighted by atomic mass is 9.59. The summed E-state index contributed by atoms with van der Waals surface area (Å²) in [4.78, 5) is 71.0. The van der Waals surface area contributed by atoms with Crippen molar-refractivity contribution in [2.75, 3.05) is 21.3 Å². The van der Waals surface area contributed by atoms with Gasteiger partial charge in [0.25, 0.3) is 0 Å². The van der Waals surface area contributed by atoms with Crippen molar-refractivity contribution < 1.29 is 24.0 Å². The Bertz CT molecular complexity index is 1480. The molecule has 9 heteroatoms. The van der Waals surface area contributed by atoms with Crippen molar-refractivity contribution in [1.29, 1.82) is 0 Å². The summed E-state index contributed by atoms with van der Waals surface area (Å²) in [6.45, 7) is 1.91. The van der Waals surface area contributed by atoms with Gasteiger partial charge in [-0.1, -0.05) is 18.6 Å². The lowest BCUT2D eigenvalue weighted by molar-refractivity contribution is -0.136. The van der Waals surface area contributed by atoms with E-state index in [0.717, 1.165) is 5.57 Å². The average molecular weight is 511 g/mol. The second kappa shape index (κ2) is 7.63. The Balaban J connectivity index is 1.30. The van der Waals surface area contributed by atoms with E-state index in [4.69, 9.17) is 11.5 Å². The zero-order chi connectivity index (χ0) is 26.6. The van der Waals surface area contributed by atoms with E-state index < -0.39 is 47.3 Å². The molecule has 0 spiro atoms. The number of nitrogens with two attached hydrogens (primary N) is 2. The normalized spacial score (nSPS) is 35.4. The number of amides is 4. The van der Waals surface area contributed by atoms with Crippen LogP contribution in [0.15, 0.2) is 60.2 Å². The first-order valence-corrected chi connectivity index (χ1v) is 12.9. The number of carbonyl (C=O) groups is 5. The fourth-order valence-corrected chi connectivity index (χ4v) is 7.84. The highest BCUT2D eigenvalue weighted by atomic mass is 16.2. The Hall–Kier alpha value is -4.27. The first-order chi connectivity index (χ1) is 18.2. The van der Waals surface area contributed by atoms with E-state index in [1.165, 1.54) is 9.80 Å². The van der Waals surface area contributed by atoms with E-state index in [2.05, 4.69) is 0 Å². The summed E-state index contributed by atoms with van der Waals surface area (Å²) in [5.41, 5.74) is 14.4. The Morgan fingerprint density at radius 2 is 1.05 bits per heavy atom. The maximum absolute atomic E-state index is 13.9. The molecule has 7 unspecified atom stereocenters. The van der Waals surface area contributed by atoms with Crippen LogP contribution in [0.25, 0.3) is 0 Å². The van der Waals surface area contributed by atoms with Crippen LogP contribution in [0.5, 0.6) is 0 Å². The van der Waals surface area contributed by atoms with E-state index in [-0.39, 0.29) is 29.4 Å². The molecule has 8 atom stereocenters. The summed E-state index contributed by atoms with van der Waals surface area (Å²) >= 11 is 0. The van der Waals surface area contributed by atoms with Crippen molar-refractivity contribution in [3.8, 4) is 0 Å². The molecule has 38 heavy (non-hydrogen) atoms. The Kier molecular flexibility index (Phi) is 4.59. The summed E-state index contributed by atoms with van der Waals surface area (Å²) in [6.07, 6.45) is 2.33. The van der Waals surface area contributed by atoms with Gasteiger partial charge in [-0.25, -0.2) is 0 Å². The first kappa shape index (κ1) is 22.9. The molecule has 5 aliphatic rings. The van der Waals surface area contributed by atoms with Gasteiger partial charge in [0.2, 0.25) is 23.6 Å². The third-order valence-electron chi connectivity index (χ3n) is 9.31. The molecule has 3 aliphatic carbocycles. The molecule has 4 N–H and O–H groups in total. The molecule has 2 heterocycles. The van der Waals surface area contributed by atoms with Gasteiger partial charge in [-0.3, -0.25) is 33.8 Å². The number of rotatable bonds is 2. The van der Waals surface area contributed by atoms with Crippen LogP contribution in [0.4, 0.5) is 22.7 Å². The third kappa shape index (κ3) is 2.78. The van der Waals surface area contributed by atoms with Crippen molar-refractivity contribution in [2.24, 2.45) is 47.3 Å². The van der Waals surface area contributed by atoms with Crippen LogP contribution >= 0.6 is 0 Å². The zero-order valence-electron chi connectivity index (χ0n) is 20.6. The number of benzene rings is 2. The van der Waals surface area contributed by atoms with Gasteiger partial charge in [-0.15, -0.1) is 0 Å². The molecule has 2 aromatic carbocycles. The number of imide groups is 2. The van der Waals surface area contributed by atoms with Crippen molar-refractivity contribution >= 4 is 52.2 Å². The summed E-state index contributed by atoms with van der Waals surface area (Å²) in [7, 11) is 0. The second-order valence-electron chi connectivity index (χ2n) is 11.2.